The highest BCUT2D eigenvalue weighted by molar-refractivity contribution is 5.74. The zero-order valence-electron chi connectivity index (χ0n) is 13.8. The minimum absolute atomic E-state index is 0.215. The van der Waals surface area contributed by atoms with Crippen LogP contribution in [0.2, 0.25) is 0 Å². The Hall–Kier alpha value is -1.92. The van der Waals surface area contributed by atoms with Crippen molar-refractivity contribution in [3.63, 3.8) is 0 Å². The maximum atomic E-state index is 11.5. The molecule has 1 aromatic carbocycles. The molecule has 1 fully saturated rings. The van der Waals surface area contributed by atoms with Gasteiger partial charge in [0, 0.05) is 13.0 Å². The second-order valence-corrected chi connectivity index (χ2v) is 6.45. The molecule has 0 bridgehead atoms. The number of aryl methyl sites for hydroxylation is 1. The Morgan fingerprint density at radius 1 is 1.08 bits per heavy atom. The third-order valence-corrected chi connectivity index (χ3v) is 4.70. The van der Waals surface area contributed by atoms with E-state index >= 15 is 0 Å². The molecule has 24 heavy (non-hydrogen) atoms. The Labute approximate surface area is 142 Å². The van der Waals surface area contributed by atoms with Crippen molar-refractivity contribution >= 4 is 11.9 Å². The first kappa shape index (κ1) is 18.4. The van der Waals surface area contributed by atoms with Crippen molar-refractivity contribution in [2.45, 2.75) is 57.5 Å². The molecular weight excluding hydrogens is 308 g/mol. The summed E-state index contributed by atoms with van der Waals surface area (Å²) in [6.45, 7) is 0.519. The fraction of sp³-hybridized carbons (Fsp3) is 0.556. The predicted octanol–water partition coefficient (Wildman–Crippen LogP) is 2.25. The summed E-state index contributed by atoms with van der Waals surface area (Å²) in [6.07, 6.45) is 6.19. The second-order valence-electron chi connectivity index (χ2n) is 6.45. The van der Waals surface area contributed by atoms with Gasteiger partial charge in [-0.2, -0.15) is 0 Å². The van der Waals surface area contributed by atoms with Crippen LogP contribution in [0.15, 0.2) is 24.3 Å². The Bertz CT molecular complexity index is 538. The number of carbonyl (C=O) groups is 2. The highest BCUT2D eigenvalue weighted by atomic mass is 16.5. The Kier molecular flexibility index (Phi) is 7.21. The lowest BCUT2D eigenvalue weighted by Crippen LogP contribution is -2.43. The number of aliphatic carboxylic acids is 1. The van der Waals surface area contributed by atoms with Crippen LogP contribution in [0.4, 0.5) is 0 Å². The lowest BCUT2D eigenvalue weighted by atomic mass is 9.84. The molecule has 0 aromatic heterocycles. The molecule has 0 saturated heterocycles. The number of hydroxylamine groups is 1. The zero-order valence-corrected chi connectivity index (χ0v) is 13.8. The van der Waals surface area contributed by atoms with Gasteiger partial charge in [-0.25, -0.2) is 5.48 Å². The van der Waals surface area contributed by atoms with Gasteiger partial charge in [0.15, 0.2) is 0 Å². The highest BCUT2D eigenvalue weighted by Gasteiger charge is 2.28. The van der Waals surface area contributed by atoms with Crippen LogP contribution in [-0.4, -0.2) is 28.2 Å². The lowest BCUT2D eigenvalue weighted by molar-refractivity contribution is -0.141. The van der Waals surface area contributed by atoms with E-state index in [1.165, 1.54) is 6.42 Å². The number of carboxylic acids is 1. The van der Waals surface area contributed by atoms with Crippen molar-refractivity contribution < 1.29 is 19.9 Å². The SMILES string of the molecule is O=C(CCc1ccc(CN[C@H](C(=O)O)C2CCCCC2)cc1)NO. The van der Waals surface area contributed by atoms with Crippen molar-refractivity contribution in [1.82, 2.24) is 10.8 Å². The van der Waals surface area contributed by atoms with Gasteiger partial charge in [0.25, 0.3) is 0 Å². The van der Waals surface area contributed by atoms with E-state index in [1.54, 1.807) is 5.48 Å². The number of carbonyl (C=O) groups excluding carboxylic acids is 1. The maximum absolute atomic E-state index is 11.5. The van der Waals surface area contributed by atoms with Gasteiger partial charge in [-0.15, -0.1) is 0 Å². The number of amides is 1. The van der Waals surface area contributed by atoms with Crippen molar-refractivity contribution in [3.05, 3.63) is 35.4 Å². The van der Waals surface area contributed by atoms with E-state index in [0.29, 0.717) is 13.0 Å². The molecule has 1 atom stereocenters. The topological polar surface area (TPSA) is 98.7 Å². The summed E-state index contributed by atoms with van der Waals surface area (Å²) in [5.41, 5.74) is 3.64. The van der Waals surface area contributed by atoms with Crippen molar-refractivity contribution in [1.29, 1.82) is 0 Å². The summed E-state index contributed by atoms with van der Waals surface area (Å²) in [5, 5.41) is 21.1. The summed E-state index contributed by atoms with van der Waals surface area (Å²) < 4.78 is 0. The molecule has 1 aliphatic rings. The summed E-state index contributed by atoms with van der Waals surface area (Å²) in [4.78, 5) is 22.5. The zero-order chi connectivity index (χ0) is 17.4. The number of benzene rings is 1. The van der Waals surface area contributed by atoms with Crippen LogP contribution in [0.5, 0.6) is 0 Å². The van der Waals surface area contributed by atoms with Gasteiger partial charge in [0.05, 0.1) is 0 Å². The van der Waals surface area contributed by atoms with Crippen LogP contribution >= 0.6 is 0 Å². The van der Waals surface area contributed by atoms with E-state index in [0.717, 1.165) is 36.8 Å². The van der Waals surface area contributed by atoms with Gasteiger partial charge in [-0.1, -0.05) is 43.5 Å². The summed E-state index contributed by atoms with van der Waals surface area (Å²) in [5.74, 6) is -0.960. The number of nitrogens with one attached hydrogen (secondary N) is 2. The van der Waals surface area contributed by atoms with E-state index in [-0.39, 0.29) is 12.3 Å². The average molecular weight is 334 g/mol. The smallest absolute Gasteiger partial charge is 0.320 e. The van der Waals surface area contributed by atoms with Gasteiger partial charge in [-0.05, 0) is 36.3 Å². The molecule has 0 heterocycles. The molecule has 1 amide bonds. The van der Waals surface area contributed by atoms with E-state index in [2.05, 4.69) is 5.32 Å². The van der Waals surface area contributed by atoms with Crippen LogP contribution in [0.25, 0.3) is 0 Å². The first-order chi connectivity index (χ1) is 11.6. The monoisotopic (exact) mass is 334 g/mol. The molecule has 1 saturated carbocycles. The predicted molar refractivity (Wildman–Crippen MR) is 89.5 cm³/mol. The Morgan fingerprint density at radius 2 is 1.71 bits per heavy atom. The number of carboxylic acid groups (broad SMARTS) is 1. The number of hydrogen-bond donors (Lipinski definition) is 4. The quantitative estimate of drug-likeness (QED) is 0.432. The molecule has 132 valence electrons. The third kappa shape index (κ3) is 5.62. The van der Waals surface area contributed by atoms with Crippen LogP contribution in [0.3, 0.4) is 0 Å². The molecule has 2 rings (SSSR count). The highest BCUT2D eigenvalue weighted by Crippen LogP contribution is 2.26. The minimum atomic E-state index is -0.770. The molecule has 6 heteroatoms. The molecule has 4 N–H and O–H groups in total. The molecule has 6 nitrogen and oxygen atoms in total. The van der Waals surface area contributed by atoms with E-state index in [1.807, 2.05) is 24.3 Å². The van der Waals surface area contributed by atoms with Gasteiger partial charge in [0.1, 0.15) is 6.04 Å². The third-order valence-electron chi connectivity index (χ3n) is 4.70. The molecule has 0 radical (unpaired) electrons. The fourth-order valence-corrected chi connectivity index (χ4v) is 3.29. The summed E-state index contributed by atoms with van der Waals surface area (Å²) in [7, 11) is 0. The lowest BCUT2D eigenvalue weighted by Gasteiger charge is -2.28. The minimum Gasteiger partial charge on any atom is -0.480 e. The first-order valence-electron chi connectivity index (χ1n) is 8.57. The standard InChI is InChI=1S/C18H26N2O4/c21-16(20-24)11-10-13-6-8-14(9-7-13)12-19-17(18(22)23)15-4-2-1-3-5-15/h6-9,15,17,19,24H,1-5,10-12H2,(H,20,21)(H,22,23)/t17-/m0/s1. The average Bonchev–Trinajstić information content (AvgIpc) is 2.61. The van der Waals surface area contributed by atoms with Gasteiger partial charge in [0.2, 0.25) is 5.91 Å². The van der Waals surface area contributed by atoms with Gasteiger partial charge < -0.3 is 10.4 Å². The van der Waals surface area contributed by atoms with E-state index in [9.17, 15) is 14.7 Å². The number of hydrogen-bond acceptors (Lipinski definition) is 4. The summed E-state index contributed by atoms with van der Waals surface area (Å²) >= 11 is 0. The van der Waals surface area contributed by atoms with Crippen molar-refractivity contribution in [2.24, 2.45) is 5.92 Å². The molecule has 0 spiro atoms. The van der Waals surface area contributed by atoms with Gasteiger partial charge in [-0.3, -0.25) is 14.8 Å². The van der Waals surface area contributed by atoms with E-state index in [4.69, 9.17) is 5.21 Å². The van der Waals surface area contributed by atoms with Crippen LogP contribution in [0, 0.1) is 5.92 Å². The molecule has 0 aliphatic heterocycles. The fourth-order valence-electron chi connectivity index (χ4n) is 3.29. The van der Waals surface area contributed by atoms with Crippen LogP contribution in [0.1, 0.15) is 49.7 Å². The number of rotatable bonds is 8. The largest absolute Gasteiger partial charge is 0.480 e. The first-order valence-corrected chi connectivity index (χ1v) is 8.57. The normalized spacial score (nSPS) is 16.5. The van der Waals surface area contributed by atoms with E-state index < -0.39 is 17.9 Å². The van der Waals surface area contributed by atoms with Crippen LogP contribution in [-0.2, 0) is 22.6 Å². The van der Waals surface area contributed by atoms with Gasteiger partial charge >= 0.3 is 5.97 Å². The molecule has 0 unspecified atom stereocenters. The molecule has 1 aliphatic carbocycles. The molecular formula is C18H26N2O4. The van der Waals surface area contributed by atoms with Crippen molar-refractivity contribution in [3.8, 4) is 0 Å². The van der Waals surface area contributed by atoms with Crippen molar-refractivity contribution in [2.75, 3.05) is 0 Å². The second kappa shape index (κ2) is 9.39. The molecule has 1 aromatic rings. The van der Waals surface area contributed by atoms with Crippen LogP contribution < -0.4 is 10.8 Å². The Morgan fingerprint density at radius 3 is 2.29 bits per heavy atom. The maximum Gasteiger partial charge on any atom is 0.320 e. The summed E-state index contributed by atoms with van der Waals surface area (Å²) in [6, 6.07) is 7.26. The Balaban J connectivity index is 1.85.